The van der Waals surface area contributed by atoms with E-state index in [1.54, 1.807) is 47.7 Å². The highest BCUT2D eigenvalue weighted by Gasteiger charge is 2.20. The number of carbonyl (C=O) groups excluding carboxylic acids is 2. The Kier molecular flexibility index (Phi) is 7.55. The van der Waals surface area contributed by atoms with E-state index < -0.39 is 23.4 Å². The Morgan fingerprint density at radius 3 is 2.24 bits per heavy atom. The maximum absolute atomic E-state index is 11.8. The molecule has 0 aliphatic rings. The number of hydrogen-bond acceptors (Lipinski definition) is 7. The molecular formula is C16H27N3O4S2. The average molecular weight is 390 g/mol. The molecule has 2 N–H and O–H groups in total. The van der Waals surface area contributed by atoms with Crippen molar-refractivity contribution in [1.29, 1.82) is 0 Å². The number of nitrogens with one attached hydrogen (secondary N) is 2. The topological polar surface area (TPSA) is 89.5 Å². The van der Waals surface area contributed by atoms with Gasteiger partial charge in [0.2, 0.25) is 0 Å². The minimum atomic E-state index is -0.571. The van der Waals surface area contributed by atoms with Crippen LogP contribution in [0.2, 0.25) is 0 Å². The highest BCUT2D eigenvalue weighted by Crippen LogP contribution is 2.21. The van der Waals surface area contributed by atoms with Crippen LogP contribution in [0.15, 0.2) is 6.20 Å². The van der Waals surface area contributed by atoms with Crippen molar-refractivity contribution in [3.05, 3.63) is 11.1 Å². The second-order valence-electron chi connectivity index (χ2n) is 7.49. The molecule has 1 heterocycles. The van der Waals surface area contributed by atoms with E-state index in [1.165, 1.54) is 11.3 Å². The van der Waals surface area contributed by atoms with Gasteiger partial charge in [-0.3, -0.25) is 5.32 Å². The molecule has 1 aromatic heterocycles. The summed E-state index contributed by atoms with van der Waals surface area (Å²) < 4.78 is 10.4. The molecule has 1 rings (SSSR count). The summed E-state index contributed by atoms with van der Waals surface area (Å²) in [5.41, 5.74) is -1.13. The van der Waals surface area contributed by atoms with Gasteiger partial charge < -0.3 is 14.8 Å². The molecule has 1 aromatic rings. The maximum Gasteiger partial charge on any atom is 0.413 e. The second kappa shape index (κ2) is 8.75. The van der Waals surface area contributed by atoms with Crippen molar-refractivity contribution < 1.29 is 19.1 Å². The predicted octanol–water partition coefficient (Wildman–Crippen LogP) is 3.86. The smallest absolute Gasteiger partial charge is 0.413 e. The van der Waals surface area contributed by atoms with E-state index in [1.807, 2.05) is 0 Å². The maximum atomic E-state index is 11.8. The fourth-order valence-electron chi connectivity index (χ4n) is 1.73. The van der Waals surface area contributed by atoms with Crippen molar-refractivity contribution in [2.45, 2.75) is 65.2 Å². The molecule has 0 unspecified atom stereocenters. The first kappa shape index (κ1) is 21.6. The summed E-state index contributed by atoms with van der Waals surface area (Å²) in [7, 11) is 0. The quantitative estimate of drug-likeness (QED) is 0.666. The van der Waals surface area contributed by atoms with Crippen LogP contribution in [0.1, 0.15) is 46.4 Å². The number of thiazole rings is 1. The molecule has 0 fully saturated rings. The lowest BCUT2D eigenvalue weighted by atomic mass is 10.2. The van der Waals surface area contributed by atoms with Gasteiger partial charge >= 0.3 is 12.2 Å². The van der Waals surface area contributed by atoms with Gasteiger partial charge in [0.25, 0.3) is 0 Å². The van der Waals surface area contributed by atoms with Crippen molar-refractivity contribution in [3.8, 4) is 0 Å². The van der Waals surface area contributed by atoms with Gasteiger partial charge in [-0.2, -0.15) is 12.6 Å². The number of alkyl carbamates (subject to hydrolysis) is 1. The van der Waals surface area contributed by atoms with E-state index in [9.17, 15) is 9.59 Å². The van der Waals surface area contributed by atoms with Gasteiger partial charge in [0.05, 0.1) is 0 Å². The number of nitrogens with zero attached hydrogens (tertiary/aromatic N) is 1. The van der Waals surface area contributed by atoms with Gasteiger partial charge in [-0.05, 0) is 41.5 Å². The molecule has 0 saturated heterocycles. The largest absolute Gasteiger partial charge is 0.444 e. The summed E-state index contributed by atoms with van der Waals surface area (Å²) in [5, 5.41) is 5.82. The molecule has 0 saturated carbocycles. The molecule has 2 amide bonds. The number of hydrogen-bond donors (Lipinski definition) is 3. The van der Waals surface area contributed by atoms with E-state index in [2.05, 4.69) is 28.2 Å². The molecule has 7 nitrogen and oxygen atoms in total. The number of amides is 2. The van der Waals surface area contributed by atoms with Crippen LogP contribution >= 0.6 is 24.0 Å². The second-order valence-corrected chi connectivity index (χ2v) is 8.97. The van der Waals surface area contributed by atoms with Gasteiger partial charge in [-0.1, -0.05) is 0 Å². The van der Waals surface area contributed by atoms with Crippen molar-refractivity contribution in [1.82, 2.24) is 10.3 Å². The summed E-state index contributed by atoms with van der Waals surface area (Å²) in [6.45, 7) is 10.8. The molecule has 1 atom stereocenters. The third-order valence-corrected chi connectivity index (χ3v) is 3.93. The molecule has 142 valence electrons. The first-order chi connectivity index (χ1) is 11.4. The molecule has 0 bridgehead atoms. The fourth-order valence-corrected chi connectivity index (χ4v) is 2.83. The molecule has 0 spiro atoms. The van der Waals surface area contributed by atoms with Crippen LogP contribution in [0, 0.1) is 0 Å². The van der Waals surface area contributed by atoms with E-state index in [4.69, 9.17) is 9.47 Å². The Morgan fingerprint density at radius 1 is 1.16 bits per heavy atom. The standard InChI is InChI=1S/C16H27N3O4S2/c1-15(2,3)22-13(20)18-10(9-24)7-11-8-17-12(25-11)19-14(21)23-16(4,5)6/h8,10,24H,7,9H2,1-6H3,(H,18,20)(H,17,19,21)/t10-/m1/s1. The lowest BCUT2D eigenvalue weighted by Gasteiger charge is -2.22. The minimum Gasteiger partial charge on any atom is -0.444 e. The summed E-state index contributed by atoms with van der Waals surface area (Å²) in [5.74, 6) is 0.450. The third-order valence-electron chi connectivity index (χ3n) is 2.55. The van der Waals surface area contributed by atoms with Crippen LogP contribution in [0.5, 0.6) is 0 Å². The number of anilines is 1. The zero-order valence-corrected chi connectivity index (χ0v) is 17.2. The average Bonchev–Trinajstić information content (AvgIpc) is 2.80. The van der Waals surface area contributed by atoms with Crippen LogP contribution in [0.4, 0.5) is 14.7 Å². The third kappa shape index (κ3) is 9.54. The molecule has 9 heteroatoms. The Balaban J connectivity index is 2.57. The number of carbonyl (C=O) groups is 2. The number of rotatable bonds is 5. The molecule has 25 heavy (non-hydrogen) atoms. The van der Waals surface area contributed by atoms with Crippen LogP contribution in [-0.2, 0) is 15.9 Å². The Hall–Kier alpha value is -1.48. The Labute approximate surface area is 158 Å². The number of aromatic nitrogens is 1. The van der Waals surface area contributed by atoms with Crippen LogP contribution in [0.3, 0.4) is 0 Å². The summed E-state index contributed by atoms with van der Waals surface area (Å²) in [6, 6.07) is -0.201. The molecule has 0 aliphatic heterocycles. The minimum absolute atomic E-state index is 0.201. The summed E-state index contributed by atoms with van der Waals surface area (Å²) in [6.07, 6.45) is 1.16. The monoisotopic (exact) mass is 389 g/mol. The normalized spacial score (nSPS) is 13.1. The number of ether oxygens (including phenoxy) is 2. The van der Waals surface area contributed by atoms with Crippen LogP contribution in [0.25, 0.3) is 0 Å². The van der Waals surface area contributed by atoms with Crippen LogP contribution in [-0.4, -0.2) is 40.2 Å². The number of thiol groups is 1. The SMILES string of the molecule is CC(C)(C)OC(=O)Nc1ncc(C[C@H](CS)NC(=O)OC(C)(C)C)s1. The lowest BCUT2D eigenvalue weighted by Crippen LogP contribution is -2.41. The summed E-state index contributed by atoms with van der Waals surface area (Å²) in [4.78, 5) is 28.6. The molecular weight excluding hydrogens is 362 g/mol. The van der Waals surface area contributed by atoms with E-state index in [-0.39, 0.29) is 6.04 Å². The Morgan fingerprint density at radius 2 is 1.72 bits per heavy atom. The predicted molar refractivity (Wildman–Crippen MR) is 103 cm³/mol. The van der Waals surface area contributed by atoms with Gasteiger partial charge in [-0.15, -0.1) is 11.3 Å². The first-order valence-corrected chi connectivity index (χ1v) is 9.38. The molecule has 0 aliphatic carbocycles. The van der Waals surface area contributed by atoms with Crippen molar-refractivity contribution in [2.75, 3.05) is 11.1 Å². The van der Waals surface area contributed by atoms with Gasteiger partial charge in [0.1, 0.15) is 11.2 Å². The van der Waals surface area contributed by atoms with Gasteiger partial charge in [-0.25, -0.2) is 14.6 Å². The molecule has 0 radical (unpaired) electrons. The van der Waals surface area contributed by atoms with Crippen molar-refractivity contribution in [2.24, 2.45) is 0 Å². The van der Waals surface area contributed by atoms with Gasteiger partial charge in [0.15, 0.2) is 5.13 Å². The summed E-state index contributed by atoms with van der Waals surface area (Å²) >= 11 is 5.59. The van der Waals surface area contributed by atoms with E-state index in [0.29, 0.717) is 17.3 Å². The van der Waals surface area contributed by atoms with Crippen molar-refractivity contribution >= 4 is 41.3 Å². The van der Waals surface area contributed by atoms with Crippen LogP contribution < -0.4 is 10.6 Å². The van der Waals surface area contributed by atoms with E-state index in [0.717, 1.165) is 4.88 Å². The Bertz CT molecular complexity index is 591. The first-order valence-electron chi connectivity index (χ1n) is 7.93. The van der Waals surface area contributed by atoms with E-state index >= 15 is 0 Å². The fraction of sp³-hybridized carbons (Fsp3) is 0.688. The zero-order valence-electron chi connectivity index (χ0n) is 15.5. The van der Waals surface area contributed by atoms with Crippen molar-refractivity contribution in [3.63, 3.8) is 0 Å². The lowest BCUT2D eigenvalue weighted by molar-refractivity contribution is 0.0508. The van der Waals surface area contributed by atoms with Gasteiger partial charge in [0, 0.05) is 29.3 Å². The highest BCUT2D eigenvalue weighted by molar-refractivity contribution is 7.80. The molecule has 0 aromatic carbocycles. The zero-order chi connectivity index (χ0) is 19.3. The highest BCUT2D eigenvalue weighted by atomic mass is 32.1.